The molecule has 2 aromatic rings. The minimum absolute atomic E-state index is 0.0795. The lowest BCUT2D eigenvalue weighted by atomic mass is 9.87. The third kappa shape index (κ3) is 2.98. The topological polar surface area (TPSA) is 45.3 Å². The summed E-state index contributed by atoms with van der Waals surface area (Å²) in [6.45, 7) is 6.36. The van der Waals surface area contributed by atoms with Gasteiger partial charge in [-0.1, -0.05) is 44.2 Å². The Labute approximate surface area is 143 Å². The first kappa shape index (κ1) is 16.8. The average molecular weight is 326 g/mol. The first-order valence-electron chi connectivity index (χ1n) is 8.38. The molecule has 1 aromatic heterocycles. The summed E-state index contributed by atoms with van der Waals surface area (Å²) >= 11 is 0. The van der Waals surface area contributed by atoms with Crippen LogP contribution in [-0.4, -0.2) is 30.6 Å². The summed E-state index contributed by atoms with van der Waals surface area (Å²) in [5, 5.41) is 0. The van der Waals surface area contributed by atoms with Crippen LogP contribution in [-0.2, 0) is 12.0 Å². The molecule has 1 unspecified atom stereocenters. The first-order valence-corrected chi connectivity index (χ1v) is 8.38. The van der Waals surface area contributed by atoms with E-state index in [1.165, 1.54) is 19.1 Å². The van der Waals surface area contributed by atoms with E-state index in [1.54, 1.807) is 12.3 Å². The number of hydrogen-bond acceptors (Lipinski definition) is 3. The summed E-state index contributed by atoms with van der Waals surface area (Å²) < 4.78 is 5.02. The SMILES string of the molecule is COc1c[nH]c(CN(C)CC2(c3ccccc3)CC2(C)C)cc1=O. The van der Waals surface area contributed by atoms with E-state index < -0.39 is 0 Å². The number of aromatic nitrogens is 1. The van der Waals surface area contributed by atoms with Crippen LogP contribution >= 0.6 is 0 Å². The van der Waals surface area contributed by atoms with Crippen molar-refractivity contribution in [3.63, 3.8) is 0 Å². The molecule has 0 amide bonds. The van der Waals surface area contributed by atoms with Crippen LogP contribution in [0.3, 0.4) is 0 Å². The number of aromatic amines is 1. The fraction of sp³-hybridized carbons (Fsp3) is 0.450. The lowest BCUT2D eigenvalue weighted by molar-refractivity contribution is 0.268. The van der Waals surface area contributed by atoms with Gasteiger partial charge in [0.1, 0.15) is 0 Å². The Morgan fingerprint density at radius 3 is 2.46 bits per heavy atom. The van der Waals surface area contributed by atoms with Crippen LogP contribution in [0, 0.1) is 5.41 Å². The summed E-state index contributed by atoms with van der Waals surface area (Å²) in [5.41, 5.74) is 2.73. The number of rotatable bonds is 6. The molecule has 1 aliphatic carbocycles. The average Bonchev–Trinajstić information content (AvgIpc) is 3.10. The predicted octanol–water partition coefficient (Wildman–Crippen LogP) is 3.18. The molecule has 128 valence electrons. The van der Waals surface area contributed by atoms with Gasteiger partial charge < -0.3 is 9.72 Å². The Kier molecular flexibility index (Phi) is 4.26. The maximum Gasteiger partial charge on any atom is 0.223 e. The molecule has 0 aliphatic heterocycles. The zero-order chi connectivity index (χ0) is 17.4. The van der Waals surface area contributed by atoms with Crippen LogP contribution in [0.15, 0.2) is 47.4 Å². The van der Waals surface area contributed by atoms with E-state index in [0.717, 1.165) is 12.2 Å². The minimum atomic E-state index is -0.0795. The molecule has 1 saturated carbocycles. The van der Waals surface area contributed by atoms with E-state index in [9.17, 15) is 4.79 Å². The number of benzene rings is 1. The number of pyridine rings is 1. The Hall–Kier alpha value is -2.07. The highest BCUT2D eigenvalue weighted by Crippen LogP contribution is 2.64. The van der Waals surface area contributed by atoms with Gasteiger partial charge in [-0.25, -0.2) is 0 Å². The number of nitrogens with zero attached hydrogens (tertiary/aromatic N) is 1. The fourth-order valence-electron chi connectivity index (χ4n) is 3.88. The molecule has 1 N–H and O–H groups in total. The third-order valence-corrected chi connectivity index (χ3v) is 5.38. The van der Waals surface area contributed by atoms with E-state index in [4.69, 9.17) is 4.74 Å². The number of ether oxygens (including phenoxy) is 1. The van der Waals surface area contributed by atoms with Gasteiger partial charge in [0.05, 0.1) is 7.11 Å². The normalized spacial score (nSPS) is 21.7. The van der Waals surface area contributed by atoms with Crippen LogP contribution in [0.4, 0.5) is 0 Å². The standard InChI is InChI=1S/C20H26N2O2/c1-19(2)13-20(19,15-8-6-5-7-9-15)14-22(3)12-16-10-17(23)18(24-4)11-21-16/h5-11H,12-14H2,1-4H3,(H,21,23). The maximum absolute atomic E-state index is 11.9. The second kappa shape index (κ2) is 6.10. The lowest BCUT2D eigenvalue weighted by Crippen LogP contribution is -2.32. The highest BCUT2D eigenvalue weighted by atomic mass is 16.5. The quantitative estimate of drug-likeness (QED) is 0.887. The second-order valence-electron chi connectivity index (χ2n) is 7.57. The molecule has 1 atom stereocenters. The van der Waals surface area contributed by atoms with E-state index in [2.05, 4.69) is 61.1 Å². The Balaban J connectivity index is 1.75. The number of hydrogen-bond donors (Lipinski definition) is 1. The van der Waals surface area contributed by atoms with Gasteiger partial charge >= 0.3 is 0 Å². The van der Waals surface area contributed by atoms with E-state index in [1.807, 2.05) is 0 Å². The van der Waals surface area contributed by atoms with Crippen molar-refractivity contribution >= 4 is 0 Å². The van der Waals surface area contributed by atoms with Crippen LogP contribution in [0.1, 0.15) is 31.5 Å². The van der Waals surface area contributed by atoms with Crippen molar-refractivity contribution in [1.29, 1.82) is 0 Å². The number of H-pyrrole nitrogens is 1. The van der Waals surface area contributed by atoms with Gasteiger partial charge in [0.15, 0.2) is 5.75 Å². The van der Waals surface area contributed by atoms with Crippen LogP contribution in [0.2, 0.25) is 0 Å². The monoisotopic (exact) mass is 326 g/mol. The summed E-state index contributed by atoms with van der Waals surface area (Å²) in [6, 6.07) is 12.4. The molecule has 4 nitrogen and oxygen atoms in total. The number of nitrogens with one attached hydrogen (secondary N) is 1. The maximum atomic E-state index is 11.9. The van der Waals surface area contributed by atoms with Crippen molar-refractivity contribution in [2.24, 2.45) is 5.41 Å². The van der Waals surface area contributed by atoms with Gasteiger partial charge in [0.25, 0.3) is 0 Å². The lowest BCUT2D eigenvalue weighted by Gasteiger charge is -2.27. The summed E-state index contributed by atoms with van der Waals surface area (Å²) in [5.74, 6) is 0.352. The molecule has 24 heavy (non-hydrogen) atoms. The molecule has 0 spiro atoms. The smallest absolute Gasteiger partial charge is 0.223 e. The number of methoxy groups -OCH3 is 1. The van der Waals surface area contributed by atoms with Crippen LogP contribution < -0.4 is 10.2 Å². The summed E-state index contributed by atoms with van der Waals surface area (Å²) in [6.07, 6.45) is 2.83. The van der Waals surface area contributed by atoms with Crippen molar-refractivity contribution < 1.29 is 4.74 Å². The predicted molar refractivity (Wildman–Crippen MR) is 96.5 cm³/mol. The fourth-order valence-corrected chi connectivity index (χ4v) is 3.88. The van der Waals surface area contributed by atoms with Crippen LogP contribution in [0.5, 0.6) is 5.75 Å². The molecule has 0 radical (unpaired) electrons. The molecule has 3 rings (SSSR count). The van der Waals surface area contributed by atoms with E-state index in [-0.39, 0.29) is 10.8 Å². The van der Waals surface area contributed by atoms with Gasteiger partial charge in [0.2, 0.25) is 5.43 Å². The summed E-state index contributed by atoms with van der Waals surface area (Å²) in [4.78, 5) is 17.4. The molecular formula is C20H26N2O2. The van der Waals surface area contributed by atoms with E-state index >= 15 is 0 Å². The van der Waals surface area contributed by atoms with Crippen molar-refractivity contribution in [2.45, 2.75) is 32.2 Å². The largest absolute Gasteiger partial charge is 0.491 e. The molecule has 1 heterocycles. The third-order valence-electron chi connectivity index (χ3n) is 5.38. The number of likely N-dealkylation sites (N-methyl/N-ethyl adjacent to an activating group) is 1. The van der Waals surface area contributed by atoms with Crippen molar-refractivity contribution in [3.05, 3.63) is 64.1 Å². The summed E-state index contributed by atoms with van der Waals surface area (Å²) in [7, 11) is 3.62. The van der Waals surface area contributed by atoms with Gasteiger partial charge in [-0.3, -0.25) is 9.69 Å². The Bertz CT molecular complexity index is 767. The second-order valence-corrected chi connectivity index (χ2v) is 7.57. The van der Waals surface area contributed by atoms with Gasteiger partial charge in [-0.05, 0) is 24.4 Å². The molecular weight excluding hydrogens is 300 g/mol. The van der Waals surface area contributed by atoms with Gasteiger partial charge in [-0.15, -0.1) is 0 Å². The minimum Gasteiger partial charge on any atom is -0.491 e. The zero-order valence-electron chi connectivity index (χ0n) is 14.9. The molecule has 1 aliphatic rings. The van der Waals surface area contributed by atoms with Crippen LogP contribution in [0.25, 0.3) is 0 Å². The molecule has 0 bridgehead atoms. The first-order chi connectivity index (χ1) is 11.4. The van der Waals surface area contributed by atoms with Crippen molar-refractivity contribution in [2.75, 3.05) is 20.7 Å². The van der Waals surface area contributed by atoms with Crippen molar-refractivity contribution in [1.82, 2.24) is 9.88 Å². The van der Waals surface area contributed by atoms with Crippen molar-refractivity contribution in [3.8, 4) is 5.75 Å². The molecule has 1 fully saturated rings. The molecule has 1 aromatic carbocycles. The zero-order valence-corrected chi connectivity index (χ0v) is 14.9. The highest BCUT2D eigenvalue weighted by molar-refractivity contribution is 5.37. The molecule has 4 heteroatoms. The molecule has 0 saturated heterocycles. The Morgan fingerprint density at radius 2 is 1.92 bits per heavy atom. The van der Waals surface area contributed by atoms with Gasteiger partial charge in [0, 0.05) is 36.5 Å². The Morgan fingerprint density at radius 1 is 1.25 bits per heavy atom. The van der Waals surface area contributed by atoms with E-state index in [0.29, 0.717) is 17.7 Å². The highest BCUT2D eigenvalue weighted by Gasteiger charge is 2.61. The van der Waals surface area contributed by atoms with Gasteiger partial charge in [-0.2, -0.15) is 0 Å².